The average molecular weight is 327 g/mol. The van der Waals surface area contributed by atoms with Crippen LogP contribution in [-0.4, -0.2) is 31.1 Å². The van der Waals surface area contributed by atoms with Crippen LogP contribution in [0.1, 0.15) is 20.3 Å². The van der Waals surface area contributed by atoms with E-state index < -0.39 is 0 Å². The highest BCUT2D eigenvalue weighted by Crippen LogP contribution is 2.22. The van der Waals surface area contributed by atoms with E-state index in [4.69, 9.17) is 0 Å². The summed E-state index contributed by atoms with van der Waals surface area (Å²) in [5.74, 6) is -0.0268. The molecular formula is C15H23ClN4O2. The standard InChI is InChI=1S/C15H22N4O2.ClH/c1-10(2)17-15(21)19-13-6-4-3-5-12(13)18-14(20)11-7-8-16-9-11;/h3-6,10-11,16H,7-9H2,1-2H3,(H,18,20)(H2,17,19,21);1H. The van der Waals surface area contributed by atoms with Gasteiger partial charge in [-0.25, -0.2) is 4.79 Å². The van der Waals surface area contributed by atoms with Crippen molar-refractivity contribution in [3.8, 4) is 0 Å². The van der Waals surface area contributed by atoms with Crippen molar-refractivity contribution < 1.29 is 9.59 Å². The first-order chi connectivity index (χ1) is 10.1. The summed E-state index contributed by atoms with van der Waals surface area (Å²) < 4.78 is 0. The number of para-hydroxylation sites is 2. The van der Waals surface area contributed by atoms with E-state index in [1.54, 1.807) is 12.1 Å². The number of carbonyl (C=O) groups excluding carboxylic acids is 2. The van der Waals surface area contributed by atoms with Crippen molar-refractivity contribution in [3.63, 3.8) is 0 Å². The topological polar surface area (TPSA) is 82.3 Å². The molecule has 1 aromatic carbocycles. The highest BCUT2D eigenvalue weighted by molar-refractivity contribution is 5.99. The maximum atomic E-state index is 12.2. The van der Waals surface area contributed by atoms with Gasteiger partial charge in [0.1, 0.15) is 0 Å². The number of urea groups is 1. The molecule has 4 N–H and O–H groups in total. The molecule has 3 amide bonds. The molecular weight excluding hydrogens is 304 g/mol. The molecule has 122 valence electrons. The zero-order valence-corrected chi connectivity index (χ0v) is 13.6. The third-order valence-electron chi connectivity index (χ3n) is 3.28. The first-order valence-corrected chi connectivity index (χ1v) is 7.24. The molecule has 1 aliphatic heterocycles. The Balaban J connectivity index is 0.00000242. The van der Waals surface area contributed by atoms with Gasteiger partial charge < -0.3 is 21.3 Å². The average Bonchev–Trinajstić information content (AvgIpc) is 2.94. The number of hydrogen-bond donors (Lipinski definition) is 4. The summed E-state index contributed by atoms with van der Waals surface area (Å²) in [7, 11) is 0. The normalized spacial score (nSPS) is 16.8. The Labute approximate surface area is 136 Å². The molecule has 0 bridgehead atoms. The number of hydrogen-bond acceptors (Lipinski definition) is 3. The number of anilines is 2. The molecule has 22 heavy (non-hydrogen) atoms. The van der Waals surface area contributed by atoms with Gasteiger partial charge in [0.25, 0.3) is 0 Å². The Morgan fingerprint density at radius 2 is 1.82 bits per heavy atom. The SMILES string of the molecule is CC(C)NC(=O)Nc1ccccc1NC(=O)C1CCNC1.Cl. The molecule has 0 aromatic heterocycles. The van der Waals surface area contributed by atoms with Crippen molar-refractivity contribution in [2.24, 2.45) is 5.92 Å². The molecule has 0 saturated carbocycles. The second-order valence-electron chi connectivity index (χ2n) is 5.48. The maximum Gasteiger partial charge on any atom is 0.319 e. The smallest absolute Gasteiger partial charge is 0.319 e. The van der Waals surface area contributed by atoms with Crippen LogP contribution in [-0.2, 0) is 4.79 Å². The fourth-order valence-corrected chi connectivity index (χ4v) is 2.23. The third-order valence-corrected chi connectivity index (χ3v) is 3.28. The van der Waals surface area contributed by atoms with E-state index in [-0.39, 0.29) is 36.3 Å². The number of carbonyl (C=O) groups is 2. The van der Waals surface area contributed by atoms with E-state index in [9.17, 15) is 9.59 Å². The third kappa shape index (κ3) is 5.20. The Morgan fingerprint density at radius 1 is 1.18 bits per heavy atom. The molecule has 1 aliphatic rings. The van der Waals surface area contributed by atoms with Crippen LogP contribution in [0.3, 0.4) is 0 Å². The first kappa shape index (κ1) is 18.3. The Morgan fingerprint density at radius 3 is 2.36 bits per heavy atom. The van der Waals surface area contributed by atoms with Gasteiger partial charge in [-0.2, -0.15) is 0 Å². The minimum absolute atomic E-state index is 0. The first-order valence-electron chi connectivity index (χ1n) is 7.24. The molecule has 0 aliphatic carbocycles. The summed E-state index contributed by atoms with van der Waals surface area (Å²) in [5.41, 5.74) is 1.21. The quantitative estimate of drug-likeness (QED) is 0.684. The van der Waals surface area contributed by atoms with Gasteiger partial charge >= 0.3 is 6.03 Å². The van der Waals surface area contributed by atoms with E-state index in [0.29, 0.717) is 17.9 Å². The zero-order valence-electron chi connectivity index (χ0n) is 12.8. The molecule has 0 spiro atoms. The Hall–Kier alpha value is -1.79. The lowest BCUT2D eigenvalue weighted by Gasteiger charge is -2.15. The van der Waals surface area contributed by atoms with E-state index >= 15 is 0 Å². The fourth-order valence-electron chi connectivity index (χ4n) is 2.23. The van der Waals surface area contributed by atoms with Gasteiger partial charge in [0.15, 0.2) is 0 Å². The van der Waals surface area contributed by atoms with Crippen LogP contribution >= 0.6 is 12.4 Å². The van der Waals surface area contributed by atoms with Crippen molar-refractivity contribution >= 4 is 35.7 Å². The summed E-state index contributed by atoms with van der Waals surface area (Å²) >= 11 is 0. The van der Waals surface area contributed by atoms with Crippen LogP contribution in [0, 0.1) is 5.92 Å². The number of rotatable bonds is 4. The van der Waals surface area contributed by atoms with Crippen molar-refractivity contribution in [3.05, 3.63) is 24.3 Å². The number of benzene rings is 1. The molecule has 7 heteroatoms. The van der Waals surface area contributed by atoms with Gasteiger partial charge in [-0.15, -0.1) is 12.4 Å². The number of halogens is 1. The molecule has 2 rings (SSSR count). The summed E-state index contributed by atoms with van der Waals surface area (Å²) in [6, 6.07) is 6.96. The van der Waals surface area contributed by atoms with Gasteiger partial charge in [0, 0.05) is 12.6 Å². The van der Waals surface area contributed by atoms with Gasteiger partial charge in [0.2, 0.25) is 5.91 Å². The maximum absolute atomic E-state index is 12.2. The zero-order chi connectivity index (χ0) is 15.2. The van der Waals surface area contributed by atoms with E-state index in [0.717, 1.165) is 13.0 Å². The van der Waals surface area contributed by atoms with Crippen LogP contribution in [0.2, 0.25) is 0 Å². The Bertz CT molecular complexity index is 516. The second kappa shape index (κ2) is 8.60. The molecule has 1 atom stereocenters. The summed E-state index contributed by atoms with van der Waals surface area (Å²) in [6.07, 6.45) is 0.843. The van der Waals surface area contributed by atoms with Crippen molar-refractivity contribution in [2.75, 3.05) is 23.7 Å². The predicted molar refractivity (Wildman–Crippen MR) is 90.6 cm³/mol. The van der Waals surface area contributed by atoms with Crippen LogP contribution in [0.25, 0.3) is 0 Å². The van der Waals surface area contributed by atoms with Gasteiger partial charge in [0.05, 0.1) is 17.3 Å². The minimum Gasteiger partial charge on any atom is -0.336 e. The minimum atomic E-state index is -0.283. The lowest BCUT2D eigenvalue weighted by molar-refractivity contribution is -0.119. The highest BCUT2D eigenvalue weighted by atomic mass is 35.5. The van der Waals surface area contributed by atoms with Gasteiger partial charge in [-0.05, 0) is 38.9 Å². The fraction of sp³-hybridized carbons (Fsp3) is 0.467. The number of nitrogens with one attached hydrogen (secondary N) is 4. The Kier molecular flexibility index (Phi) is 7.14. The van der Waals surface area contributed by atoms with Gasteiger partial charge in [-0.1, -0.05) is 12.1 Å². The van der Waals surface area contributed by atoms with Crippen molar-refractivity contribution in [1.82, 2.24) is 10.6 Å². The lowest BCUT2D eigenvalue weighted by Crippen LogP contribution is -2.34. The van der Waals surface area contributed by atoms with Crippen LogP contribution in [0.5, 0.6) is 0 Å². The predicted octanol–water partition coefficient (Wildman–Crippen LogP) is 2.19. The van der Waals surface area contributed by atoms with Crippen LogP contribution in [0.4, 0.5) is 16.2 Å². The van der Waals surface area contributed by atoms with Crippen molar-refractivity contribution in [1.29, 1.82) is 0 Å². The highest BCUT2D eigenvalue weighted by Gasteiger charge is 2.23. The molecule has 0 radical (unpaired) electrons. The molecule has 1 heterocycles. The molecule has 1 unspecified atom stereocenters. The molecule has 1 fully saturated rings. The van der Waals surface area contributed by atoms with E-state index in [1.165, 1.54) is 0 Å². The number of amides is 3. The van der Waals surface area contributed by atoms with E-state index in [1.807, 2.05) is 26.0 Å². The summed E-state index contributed by atoms with van der Waals surface area (Å²) in [5, 5.41) is 11.6. The molecule has 6 nitrogen and oxygen atoms in total. The second-order valence-corrected chi connectivity index (χ2v) is 5.48. The monoisotopic (exact) mass is 326 g/mol. The van der Waals surface area contributed by atoms with Crippen LogP contribution in [0.15, 0.2) is 24.3 Å². The molecule has 1 saturated heterocycles. The summed E-state index contributed by atoms with van der Waals surface area (Å²) in [6.45, 7) is 5.35. The molecule has 1 aromatic rings. The van der Waals surface area contributed by atoms with E-state index in [2.05, 4.69) is 21.3 Å². The lowest BCUT2D eigenvalue weighted by atomic mass is 10.1. The van der Waals surface area contributed by atoms with Crippen molar-refractivity contribution in [2.45, 2.75) is 26.3 Å². The van der Waals surface area contributed by atoms with Gasteiger partial charge in [-0.3, -0.25) is 4.79 Å². The largest absolute Gasteiger partial charge is 0.336 e. The van der Waals surface area contributed by atoms with Crippen LogP contribution < -0.4 is 21.3 Å². The summed E-state index contributed by atoms with van der Waals surface area (Å²) in [4.78, 5) is 23.9.